The van der Waals surface area contributed by atoms with Gasteiger partial charge in [0.05, 0.1) is 11.3 Å². The van der Waals surface area contributed by atoms with Crippen molar-refractivity contribution < 1.29 is 9.53 Å². The molecule has 0 unspecified atom stereocenters. The molecule has 7 heteroatoms. The van der Waals surface area contributed by atoms with Crippen molar-refractivity contribution >= 4 is 34.4 Å². The van der Waals surface area contributed by atoms with E-state index in [0.717, 1.165) is 36.1 Å². The predicted octanol–water partition coefficient (Wildman–Crippen LogP) is 3.53. The highest BCUT2D eigenvalue weighted by Crippen LogP contribution is 2.24. The van der Waals surface area contributed by atoms with Crippen LogP contribution in [-0.4, -0.2) is 48.4 Å². The van der Waals surface area contributed by atoms with E-state index in [9.17, 15) is 4.79 Å². The van der Waals surface area contributed by atoms with E-state index in [-0.39, 0.29) is 11.7 Å². The molecule has 0 aliphatic heterocycles. The average molecular weight is 411 g/mol. The average Bonchev–Trinajstić information content (AvgIpc) is 2.76. The van der Waals surface area contributed by atoms with Gasteiger partial charge in [-0.15, -0.1) is 0 Å². The highest BCUT2D eigenvalue weighted by molar-refractivity contribution is 7.99. The normalized spacial score (nSPS) is 10.8. The first-order valence-corrected chi connectivity index (χ1v) is 10.7. The second-order valence-electron chi connectivity index (χ2n) is 6.52. The van der Waals surface area contributed by atoms with Gasteiger partial charge in [0.2, 0.25) is 5.91 Å². The third-order valence-electron chi connectivity index (χ3n) is 4.31. The molecular weight excluding hydrogens is 384 g/mol. The number of para-hydroxylation sites is 1. The molecule has 1 aromatic heterocycles. The number of benzene rings is 2. The van der Waals surface area contributed by atoms with Crippen molar-refractivity contribution in [3.63, 3.8) is 0 Å². The minimum atomic E-state index is -0.0264. The number of thioether (sulfide) groups is 1. The Hall–Kier alpha value is -2.64. The molecule has 0 aliphatic rings. The van der Waals surface area contributed by atoms with Gasteiger partial charge in [0.25, 0.3) is 0 Å². The second-order valence-corrected chi connectivity index (χ2v) is 7.46. The van der Waals surface area contributed by atoms with Crippen molar-refractivity contribution in [3.8, 4) is 0 Å². The zero-order valence-corrected chi connectivity index (χ0v) is 17.4. The summed E-state index contributed by atoms with van der Waals surface area (Å²) in [6.07, 6.45) is 1.71. The SMILES string of the molecule is COCCCNC(=O)CSc1nc(NCCc2ccccc2)c2ccccc2n1. The molecular formula is C22H26N4O2S. The Kier molecular flexibility index (Phi) is 8.27. The van der Waals surface area contributed by atoms with Gasteiger partial charge in [0.15, 0.2) is 5.16 Å². The van der Waals surface area contributed by atoms with E-state index >= 15 is 0 Å². The highest BCUT2D eigenvalue weighted by Gasteiger charge is 2.10. The number of ether oxygens (including phenoxy) is 1. The van der Waals surface area contributed by atoms with E-state index in [1.807, 2.05) is 42.5 Å². The first-order valence-electron chi connectivity index (χ1n) is 9.69. The number of carbonyl (C=O) groups excluding carboxylic acids is 1. The van der Waals surface area contributed by atoms with Crippen LogP contribution in [0.2, 0.25) is 0 Å². The van der Waals surface area contributed by atoms with Crippen molar-refractivity contribution in [3.05, 3.63) is 60.2 Å². The Balaban J connectivity index is 1.62. The number of nitrogens with zero attached hydrogens (tertiary/aromatic N) is 2. The molecule has 29 heavy (non-hydrogen) atoms. The number of fused-ring (bicyclic) bond motifs is 1. The van der Waals surface area contributed by atoms with Crippen LogP contribution < -0.4 is 10.6 Å². The van der Waals surface area contributed by atoms with Gasteiger partial charge in [0.1, 0.15) is 5.82 Å². The van der Waals surface area contributed by atoms with E-state index in [4.69, 9.17) is 4.74 Å². The molecule has 0 atom stereocenters. The fraction of sp³-hybridized carbons (Fsp3) is 0.318. The number of amides is 1. The number of hydrogen-bond donors (Lipinski definition) is 2. The van der Waals surface area contributed by atoms with E-state index in [1.54, 1.807) is 7.11 Å². The summed E-state index contributed by atoms with van der Waals surface area (Å²) in [4.78, 5) is 21.3. The van der Waals surface area contributed by atoms with Gasteiger partial charge in [-0.2, -0.15) is 0 Å². The van der Waals surface area contributed by atoms with Gasteiger partial charge in [-0.1, -0.05) is 54.2 Å². The van der Waals surface area contributed by atoms with Crippen LogP contribution in [0.1, 0.15) is 12.0 Å². The monoisotopic (exact) mass is 410 g/mol. The van der Waals surface area contributed by atoms with Crippen LogP contribution in [0, 0.1) is 0 Å². The van der Waals surface area contributed by atoms with E-state index in [2.05, 4.69) is 32.7 Å². The molecule has 0 spiro atoms. The van der Waals surface area contributed by atoms with Gasteiger partial charge < -0.3 is 15.4 Å². The molecule has 6 nitrogen and oxygen atoms in total. The number of rotatable bonds is 11. The van der Waals surface area contributed by atoms with Crippen LogP contribution in [0.15, 0.2) is 59.8 Å². The number of carbonyl (C=O) groups is 1. The van der Waals surface area contributed by atoms with Crippen LogP contribution in [0.5, 0.6) is 0 Å². The number of aromatic nitrogens is 2. The molecule has 3 aromatic rings. The molecule has 3 rings (SSSR count). The number of hydrogen-bond acceptors (Lipinski definition) is 6. The maximum Gasteiger partial charge on any atom is 0.230 e. The third kappa shape index (κ3) is 6.73. The largest absolute Gasteiger partial charge is 0.385 e. The van der Waals surface area contributed by atoms with Gasteiger partial charge in [-0.25, -0.2) is 9.97 Å². The minimum Gasteiger partial charge on any atom is -0.385 e. The van der Waals surface area contributed by atoms with Crippen molar-refractivity contribution in [2.45, 2.75) is 18.0 Å². The molecule has 0 fully saturated rings. The van der Waals surface area contributed by atoms with E-state index in [1.165, 1.54) is 17.3 Å². The summed E-state index contributed by atoms with van der Waals surface area (Å²) < 4.78 is 4.98. The Morgan fingerprint density at radius 3 is 2.66 bits per heavy atom. The van der Waals surface area contributed by atoms with Crippen molar-refractivity contribution in [2.75, 3.05) is 37.9 Å². The van der Waals surface area contributed by atoms with Crippen LogP contribution in [-0.2, 0) is 16.0 Å². The van der Waals surface area contributed by atoms with Gasteiger partial charge >= 0.3 is 0 Å². The van der Waals surface area contributed by atoms with Crippen LogP contribution in [0.3, 0.4) is 0 Å². The Labute approximate surface area is 175 Å². The summed E-state index contributed by atoms with van der Waals surface area (Å²) in [5, 5.41) is 7.89. The maximum absolute atomic E-state index is 12.0. The first-order chi connectivity index (χ1) is 14.3. The Bertz CT molecular complexity index is 921. The van der Waals surface area contributed by atoms with Crippen LogP contribution in [0.4, 0.5) is 5.82 Å². The molecule has 2 aromatic carbocycles. The Morgan fingerprint density at radius 2 is 1.83 bits per heavy atom. The predicted molar refractivity (Wildman–Crippen MR) is 118 cm³/mol. The maximum atomic E-state index is 12.0. The van der Waals surface area contributed by atoms with E-state index < -0.39 is 0 Å². The minimum absolute atomic E-state index is 0.0264. The lowest BCUT2D eigenvalue weighted by molar-refractivity contribution is -0.118. The standard InChI is InChI=1S/C22H26N4O2S/c1-28-15-7-13-23-20(27)16-29-22-25-19-11-6-5-10-18(19)21(26-22)24-14-12-17-8-3-2-4-9-17/h2-6,8-11H,7,12-16H2,1H3,(H,23,27)(H,24,25,26). The quantitative estimate of drug-likeness (QED) is 0.286. The van der Waals surface area contributed by atoms with Crippen molar-refractivity contribution in [2.24, 2.45) is 0 Å². The summed E-state index contributed by atoms with van der Waals surface area (Å²) in [5.74, 6) is 1.06. The molecule has 0 saturated carbocycles. The lowest BCUT2D eigenvalue weighted by atomic mass is 10.1. The third-order valence-corrected chi connectivity index (χ3v) is 5.16. The van der Waals surface area contributed by atoms with Crippen LogP contribution >= 0.6 is 11.8 Å². The fourth-order valence-electron chi connectivity index (χ4n) is 2.85. The topological polar surface area (TPSA) is 76.1 Å². The summed E-state index contributed by atoms with van der Waals surface area (Å²) in [7, 11) is 1.65. The lowest BCUT2D eigenvalue weighted by Crippen LogP contribution is -2.26. The second kappa shape index (κ2) is 11.4. The smallest absolute Gasteiger partial charge is 0.230 e. The first kappa shape index (κ1) is 21.1. The zero-order valence-electron chi connectivity index (χ0n) is 16.6. The summed E-state index contributed by atoms with van der Waals surface area (Å²) in [6, 6.07) is 18.3. The number of anilines is 1. The van der Waals surface area contributed by atoms with Gasteiger partial charge in [-0.05, 0) is 30.5 Å². The molecule has 0 radical (unpaired) electrons. The van der Waals surface area contributed by atoms with Gasteiger partial charge in [0, 0.05) is 32.2 Å². The van der Waals surface area contributed by atoms with E-state index in [0.29, 0.717) is 18.3 Å². The van der Waals surface area contributed by atoms with Crippen molar-refractivity contribution in [1.29, 1.82) is 0 Å². The summed E-state index contributed by atoms with van der Waals surface area (Å²) in [5.41, 5.74) is 2.14. The molecule has 0 bridgehead atoms. The summed E-state index contributed by atoms with van der Waals surface area (Å²) >= 11 is 1.35. The van der Waals surface area contributed by atoms with Gasteiger partial charge in [-0.3, -0.25) is 4.79 Å². The number of methoxy groups -OCH3 is 1. The lowest BCUT2D eigenvalue weighted by Gasteiger charge is -2.11. The fourth-order valence-corrected chi connectivity index (χ4v) is 3.53. The molecule has 1 heterocycles. The zero-order chi connectivity index (χ0) is 20.3. The summed E-state index contributed by atoms with van der Waals surface area (Å²) in [6.45, 7) is 2.02. The molecule has 152 valence electrons. The van der Waals surface area contributed by atoms with Crippen molar-refractivity contribution in [1.82, 2.24) is 15.3 Å². The highest BCUT2D eigenvalue weighted by atomic mass is 32.2. The molecule has 1 amide bonds. The molecule has 0 saturated heterocycles. The molecule has 2 N–H and O–H groups in total. The number of nitrogens with one attached hydrogen (secondary N) is 2. The Morgan fingerprint density at radius 1 is 1.03 bits per heavy atom. The molecule has 0 aliphatic carbocycles. The van der Waals surface area contributed by atoms with Crippen LogP contribution in [0.25, 0.3) is 10.9 Å².